The topological polar surface area (TPSA) is 55.4 Å². The van der Waals surface area contributed by atoms with Crippen molar-refractivity contribution in [3.05, 3.63) is 46.8 Å². The Labute approximate surface area is 117 Å². The molecule has 1 aromatic carbocycles. The molecule has 0 saturated carbocycles. The van der Waals surface area contributed by atoms with Gasteiger partial charge in [-0.15, -0.1) is 11.3 Å². The number of methoxy groups -OCH3 is 1. The van der Waals surface area contributed by atoms with Crippen molar-refractivity contribution in [3.63, 3.8) is 0 Å². The molecule has 1 heterocycles. The maximum Gasteiger partial charge on any atom is 0.250 e. The van der Waals surface area contributed by atoms with E-state index in [4.69, 9.17) is 4.74 Å². The Kier molecular flexibility index (Phi) is 4.24. The van der Waals surface area contributed by atoms with Gasteiger partial charge in [0, 0.05) is 11.4 Å². The summed E-state index contributed by atoms with van der Waals surface area (Å²) in [5.74, 6) is 0.750. The molecule has 0 radical (unpaired) electrons. The second kappa shape index (κ2) is 5.73. The summed E-state index contributed by atoms with van der Waals surface area (Å²) >= 11 is 1.27. The van der Waals surface area contributed by atoms with Gasteiger partial charge in [-0.2, -0.15) is 0 Å². The molecule has 4 nitrogen and oxygen atoms in total. The largest absolute Gasteiger partial charge is 0.497 e. The number of thiophene rings is 1. The van der Waals surface area contributed by atoms with Crippen LogP contribution in [0.3, 0.4) is 0 Å². The molecule has 0 spiro atoms. The zero-order chi connectivity index (χ0) is 13.9. The van der Waals surface area contributed by atoms with Gasteiger partial charge in [0.05, 0.1) is 7.11 Å². The van der Waals surface area contributed by atoms with Crippen LogP contribution in [0.15, 0.2) is 40.6 Å². The Hall–Kier alpha value is -1.37. The molecule has 19 heavy (non-hydrogen) atoms. The predicted octanol–water partition coefficient (Wildman–Crippen LogP) is 2.54. The molecule has 0 aliphatic heterocycles. The normalized spacial score (nSPS) is 11.5. The third kappa shape index (κ3) is 3.56. The summed E-state index contributed by atoms with van der Waals surface area (Å²) < 4.78 is 32.0. The molecule has 102 valence electrons. The molecule has 2 rings (SSSR count). The first-order valence-corrected chi connectivity index (χ1v) is 8.00. The van der Waals surface area contributed by atoms with E-state index in [9.17, 15) is 8.42 Å². The Bertz CT molecular complexity index is 645. The Morgan fingerprint density at radius 2 is 1.84 bits per heavy atom. The molecule has 0 bridgehead atoms. The summed E-state index contributed by atoms with van der Waals surface area (Å²) in [7, 11) is -1.82. The van der Waals surface area contributed by atoms with Gasteiger partial charge < -0.3 is 4.74 Å². The lowest BCUT2D eigenvalue weighted by molar-refractivity contribution is 0.414. The number of hydrogen-bond donors (Lipinski definition) is 1. The molecule has 0 atom stereocenters. The average molecular weight is 297 g/mol. The van der Waals surface area contributed by atoms with E-state index < -0.39 is 10.0 Å². The zero-order valence-corrected chi connectivity index (χ0v) is 12.3. The predicted molar refractivity (Wildman–Crippen MR) is 76.1 cm³/mol. The maximum absolute atomic E-state index is 12.0. The summed E-state index contributed by atoms with van der Waals surface area (Å²) in [5, 5.41) is 0. The van der Waals surface area contributed by atoms with E-state index in [0.29, 0.717) is 4.21 Å². The van der Waals surface area contributed by atoms with E-state index in [0.717, 1.165) is 16.2 Å². The van der Waals surface area contributed by atoms with Crippen LogP contribution < -0.4 is 9.46 Å². The highest BCUT2D eigenvalue weighted by Gasteiger charge is 2.15. The summed E-state index contributed by atoms with van der Waals surface area (Å²) in [5.41, 5.74) is 0.887. The third-order valence-electron chi connectivity index (χ3n) is 2.61. The van der Waals surface area contributed by atoms with E-state index in [1.54, 1.807) is 31.4 Å². The molecule has 1 aromatic heterocycles. The van der Waals surface area contributed by atoms with Crippen LogP contribution >= 0.6 is 11.3 Å². The fourth-order valence-corrected chi connectivity index (χ4v) is 3.89. The van der Waals surface area contributed by atoms with E-state index in [1.165, 1.54) is 11.3 Å². The van der Waals surface area contributed by atoms with Crippen molar-refractivity contribution in [1.29, 1.82) is 0 Å². The van der Waals surface area contributed by atoms with Crippen molar-refractivity contribution in [2.75, 3.05) is 7.11 Å². The number of rotatable bonds is 5. The van der Waals surface area contributed by atoms with Crippen molar-refractivity contribution in [1.82, 2.24) is 4.72 Å². The lowest BCUT2D eigenvalue weighted by atomic mass is 10.2. The fourth-order valence-electron chi connectivity index (χ4n) is 1.55. The molecular formula is C13H15NO3S2. The highest BCUT2D eigenvalue weighted by molar-refractivity contribution is 7.91. The van der Waals surface area contributed by atoms with Gasteiger partial charge in [-0.25, -0.2) is 13.1 Å². The van der Waals surface area contributed by atoms with Crippen molar-refractivity contribution < 1.29 is 13.2 Å². The molecular weight excluding hydrogens is 282 g/mol. The smallest absolute Gasteiger partial charge is 0.250 e. The van der Waals surface area contributed by atoms with Crippen LogP contribution in [0, 0.1) is 6.92 Å². The minimum atomic E-state index is -3.42. The molecule has 6 heteroatoms. The first-order chi connectivity index (χ1) is 9.01. The molecule has 0 unspecified atom stereocenters. The summed E-state index contributed by atoms with van der Waals surface area (Å²) in [6.45, 7) is 2.15. The van der Waals surface area contributed by atoms with Crippen molar-refractivity contribution in [2.45, 2.75) is 17.7 Å². The van der Waals surface area contributed by atoms with Crippen LogP contribution in [-0.2, 0) is 16.6 Å². The van der Waals surface area contributed by atoms with E-state index in [2.05, 4.69) is 4.72 Å². The molecule has 1 N–H and O–H groups in total. The van der Waals surface area contributed by atoms with Gasteiger partial charge in [-0.1, -0.05) is 12.1 Å². The first kappa shape index (κ1) is 14.0. The fraction of sp³-hybridized carbons (Fsp3) is 0.231. The van der Waals surface area contributed by atoms with E-state index in [1.807, 2.05) is 19.1 Å². The van der Waals surface area contributed by atoms with Crippen LogP contribution in [0.25, 0.3) is 0 Å². The van der Waals surface area contributed by atoms with Crippen LogP contribution in [-0.4, -0.2) is 15.5 Å². The summed E-state index contributed by atoms with van der Waals surface area (Å²) in [6.07, 6.45) is 0. The van der Waals surface area contributed by atoms with Gasteiger partial charge in [0.15, 0.2) is 0 Å². The monoisotopic (exact) mass is 297 g/mol. The lowest BCUT2D eigenvalue weighted by Gasteiger charge is -2.06. The number of nitrogens with one attached hydrogen (secondary N) is 1. The highest BCUT2D eigenvalue weighted by Crippen LogP contribution is 2.20. The number of benzene rings is 1. The average Bonchev–Trinajstić information content (AvgIpc) is 2.85. The van der Waals surface area contributed by atoms with E-state index >= 15 is 0 Å². The number of sulfonamides is 1. The van der Waals surface area contributed by atoms with Gasteiger partial charge >= 0.3 is 0 Å². The molecule has 2 aromatic rings. The van der Waals surface area contributed by atoms with E-state index in [-0.39, 0.29) is 6.54 Å². The second-order valence-electron chi connectivity index (χ2n) is 4.04. The minimum absolute atomic E-state index is 0.267. The third-order valence-corrected chi connectivity index (χ3v) is 5.50. The Balaban J connectivity index is 2.05. The molecule has 0 aliphatic carbocycles. The van der Waals surface area contributed by atoms with Gasteiger partial charge in [0.25, 0.3) is 0 Å². The number of ether oxygens (including phenoxy) is 1. The molecule has 0 aliphatic rings. The number of aryl methyl sites for hydroxylation is 1. The van der Waals surface area contributed by atoms with Gasteiger partial charge in [-0.3, -0.25) is 0 Å². The van der Waals surface area contributed by atoms with Crippen molar-refractivity contribution >= 4 is 21.4 Å². The zero-order valence-electron chi connectivity index (χ0n) is 10.7. The van der Waals surface area contributed by atoms with Gasteiger partial charge in [-0.05, 0) is 36.8 Å². The summed E-state index contributed by atoms with van der Waals surface area (Å²) in [4.78, 5) is 0.977. The maximum atomic E-state index is 12.0. The van der Waals surface area contributed by atoms with Crippen LogP contribution in [0.2, 0.25) is 0 Å². The quantitative estimate of drug-likeness (QED) is 0.922. The SMILES string of the molecule is COc1ccc(CNS(=O)(=O)c2ccc(C)s2)cc1. The standard InChI is InChI=1S/C13H15NO3S2/c1-10-3-8-13(18-10)19(15,16)14-9-11-4-6-12(17-2)7-5-11/h3-8,14H,9H2,1-2H3. The second-order valence-corrected chi connectivity index (χ2v) is 7.32. The first-order valence-electron chi connectivity index (χ1n) is 5.70. The minimum Gasteiger partial charge on any atom is -0.497 e. The molecule has 0 saturated heterocycles. The lowest BCUT2D eigenvalue weighted by Crippen LogP contribution is -2.22. The highest BCUT2D eigenvalue weighted by atomic mass is 32.2. The van der Waals surface area contributed by atoms with Crippen molar-refractivity contribution in [3.8, 4) is 5.75 Å². The van der Waals surface area contributed by atoms with Crippen molar-refractivity contribution in [2.24, 2.45) is 0 Å². The Morgan fingerprint density at radius 1 is 1.16 bits per heavy atom. The Morgan fingerprint density at radius 3 is 2.37 bits per heavy atom. The van der Waals surface area contributed by atoms with Crippen LogP contribution in [0.5, 0.6) is 5.75 Å². The molecule has 0 amide bonds. The van der Waals surface area contributed by atoms with Crippen LogP contribution in [0.4, 0.5) is 0 Å². The summed E-state index contributed by atoms with van der Waals surface area (Å²) in [6, 6.07) is 10.7. The molecule has 0 fully saturated rings. The number of hydrogen-bond acceptors (Lipinski definition) is 4. The van der Waals surface area contributed by atoms with Crippen LogP contribution in [0.1, 0.15) is 10.4 Å². The van der Waals surface area contributed by atoms with Gasteiger partial charge in [0.2, 0.25) is 10.0 Å². The van der Waals surface area contributed by atoms with Gasteiger partial charge in [0.1, 0.15) is 9.96 Å².